The third-order valence-electron chi connectivity index (χ3n) is 3.57. The van der Waals surface area contributed by atoms with Crippen molar-refractivity contribution in [1.82, 2.24) is 0 Å². The molecule has 1 fully saturated rings. The number of nitriles is 1. The lowest BCUT2D eigenvalue weighted by Gasteiger charge is -2.31. The van der Waals surface area contributed by atoms with Gasteiger partial charge in [-0.05, 0) is 36.6 Å². The fourth-order valence-electron chi connectivity index (χ4n) is 2.31. The smallest absolute Gasteiger partial charge is 0.376 e. The highest BCUT2D eigenvalue weighted by Crippen LogP contribution is 2.23. The first-order valence-corrected chi connectivity index (χ1v) is 6.80. The van der Waals surface area contributed by atoms with Gasteiger partial charge in [-0.25, -0.2) is 4.79 Å². The van der Waals surface area contributed by atoms with E-state index in [-0.39, 0.29) is 5.92 Å². The van der Waals surface area contributed by atoms with E-state index in [0.29, 0.717) is 0 Å². The van der Waals surface area contributed by atoms with Crippen LogP contribution in [0.25, 0.3) is 6.08 Å². The highest BCUT2D eigenvalue weighted by molar-refractivity contribution is 6.38. The highest BCUT2D eigenvalue weighted by atomic mass is 16.4. The molecular formula is C16H16N2O3. The van der Waals surface area contributed by atoms with E-state index in [1.165, 1.54) is 6.08 Å². The molecule has 1 saturated heterocycles. The zero-order valence-electron chi connectivity index (χ0n) is 11.5. The van der Waals surface area contributed by atoms with E-state index in [1.807, 2.05) is 24.3 Å². The Morgan fingerprint density at radius 1 is 1.24 bits per heavy atom. The number of hydrogen-bond acceptors (Lipinski definition) is 4. The topological polar surface area (TPSA) is 81.4 Å². The third kappa shape index (κ3) is 3.93. The molecule has 2 rings (SSSR count). The normalized spacial score (nSPS) is 15.9. The fraction of sp³-hybridized carbons (Fsp3) is 0.312. The summed E-state index contributed by atoms with van der Waals surface area (Å²) in [5.74, 6) is -2.23. The molecule has 1 N–H and O–H groups in total. The minimum absolute atomic E-state index is 0.158. The van der Waals surface area contributed by atoms with Crippen LogP contribution in [0.5, 0.6) is 0 Å². The van der Waals surface area contributed by atoms with Gasteiger partial charge in [0.05, 0.1) is 6.07 Å². The summed E-state index contributed by atoms with van der Waals surface area (Å²) in [4.78, 5) is 23.6. The van der Waals surface area contributed by atoms with Crippen molar-refractivity contribution in [2.24, 2.45) is 5.92 Å². The van der Waals surface area contributed by atoms with Gasteiger partial charge in [-0.3, -0.25) is 4.79 Å². The molecule has 0 radical (unpaired) electrons. The number of carbonyl (C=O) groups is 2. The second-order valence-corrected chi connectivity index (χ2v) is 4.98. The molecule has 0 unspecified atom stereocenters. The molecule has 1 aromatic rings. The van der Waals surface area contributed by atoms with Crippen molar-refractivity contribution in [3.8, 4) is 6.07 Å². The number of rotatable bonds is 4. The van der Waals surface area contributed by atoms with Crippen LogP contribution in [0.4, 0.5) is 5.69 Å². The molecule has 5 heteroatoms. The van der Waals surface area contributed by atoms with E-state index >= 15 is 0 Å². The molecule has 0 aliphatic carbocycles. The average Bonchev–Trinajstić information content (AvgIpc) is 2.53. The van der Waals surface area contributed by atoms with Crippen LogP contribution in [0, 0.1) is 17.2 Å². The van der Waals surface area contributed by atoms with E-state index in [4.69, 9.17) is 10.4 Å². The summed E-state index contributed by atoms with van der Waals surface area (Å²) in [5.41, 5.74) is 1.85. The maximum atomic E-state index is 11.0. The number of nitrogens with zero attached hydrogens (tertiary/aromatic N) is 2. The van der Waals surface area contributed by atoms with Crippen LogP contribution in [0.2, 0.25) is 0 Å². The molecule has 0 saturated carbocycles. The van der Waals surface area contributed by atoms with Gasteiger partial charge in [0.2, 0.25) is 0 Å². The number of carboxylic acid groups (broad SMARTS) is 1. The van der Waals surface area contributed by atoms with Crippen molar-refractivity contribution in [2.75, 3.05) is 18.0 Å². The minimum Gasteiger partial charge on any atom is -0.475 e. The largest absolute Gasteiger partial charge is 0.475 e. The summed E-state index contributed by atoms with van der Waals surface area (Å²) >= 11 is 0. The van der Waals surface area contributed by atoms with Gasteiger partial charge in [-0.2, -0.15) is 5.26 Å². The molecule has 1 aliphatic rings. The Morgan fingerprint density at radius 2 is 1.86 bits per heavy atom. The molecule has 1 aromatic carbocycles. The van der Waals surface area contributed by atoms with Gasteiger partial charge in [0, 0.05) is 24.7 Å². The predicted molar refractivity (Wildman–Crippen MR) is 78.7 cm³/mol. The molecule has 0 amide bonds. The summed E-state index contributed by atoms with van der Waals surface area (Å²) in [6.45, 7) is 1.73. The number of anilines is 1. The summed E-state index contributed by atoms with van der Waals surface area (Å²) in [6, 6.07) is 9.88. The van der Waals surface area contributed by atoms with Crippen LogP contribution < -0.4 is 4.90 Å². The van der Waals surface area contributed by atoms with Gasteiger partial charge >= 0.3 is 5.97 Å². The summed E-state index contributed by atoms with van der Waals surface area (Å²) < 4.78 is 0. The molecule has 21 heavy (non-hydrogen) atoms. The Kier molecular flexibility index (Phi) is 4.72. The number of hydrogen-bond donors (Lipinski definition) is 1. The van der Waals surface area contributed by atoms with Crippen LogP contribution in [-0.2, 0) is 9.59 Å². The van der Waals surface area contributed by atoms with Crippen LogP contribution in [0.1, 0.15) is 18.4 Å². The highest BCUT2D eigenvalue weighted by Gasteiger charge is 2.18. The molecule has 0 atom stereocenters. The van der Waals surface area contributed by atoms with Crippen LogP contribution >= 0.6 is 0 Å². The third-order valence-corrected chi connectivity index (χ3v) is 3.57. The van der Waals surface area contributed by atoms with Gasteiger partial charge in [0.25, 0.3) is 5.78 Å². The van der Waals surface area contributed by atoms with Gasteiger partial charge in [-0.15, -0.1) is 0 Å². The van der Waals surface area contributed by atoms with Gasteiger partial charge < -0.3 is 10.0 Å². The quantitative estimate of drug-likeness (QED) is 0.676. The second-order valence-electron chi connectivity index (χ2n) is 4.98. The minimum atomic E-state index is -1.46. The monoisotopic (exact) mass is 284 g/mol. The average molecular weight is 284 g/mol. The first kappa shape index (κ1) is 14.8. The standard InChI is InChI=1S/C16H16N2O3/c17-11-13-7-9-18(10-8-13)14-4-1-12(2-5-14)3-6-15(19)16(20)21/h1-6,13H,7-10H2,(H,20,21)/b6-3+. The van der Waals surface area contributed by atoms with Crippen molar-refractivity contribution in [1.29, 1.82) is 5.26 Å². The zero-order valence-corrected chi connectivity index (χ0v) is 11.5. The number of ketones is 1. The predicted octanol–water partition coefficient (Wildman–Crippen LogP) is 2.09. The van der Waals surface area contributed by atoms with Gasteiger partial charge in [-0.1, -0.05) is 18.2 Å². The lowest BCUT2D eigenvalue weighted by atomic mass is 9.98. The fourth-order valence-corrected chi connectivity index (χ4v) is 2.31. The summed E-state index contributed by atoms with van der Waals surface area (Å²) in [6.07, 6.45) is 4.30. The number of piperidine rings is 1. The lowest BCUT2D eigenvalue weighted by Crippen LogP contribution is -2.33. The molecule has 0 spiro atoms. The number of carboxylic acids is 1. The maximum absolute atomic E-state index is 11.0. The van der Waals surface area contributed by atoms with Gasteiger partial charge in [0.15, 0.2) is 0 Å². The van der Waals surface area contributed by atoms with Crippen molar-refractivity contribution < 1.29 is 14.7 Å². The molecule has 1 aliphatic heterocycles. The Balaban J connectivity index is 1.98. The van der Waals surface area contributed by atoms with Crippen LogP contribution in [0.15, 0.2) is 30.3 Å². The number of carbonyl (C=O) groups excluding carboxylic acids is 1. The zero-order chi connectivity index (χ0) is 15.2. The van der Waals surface area contributed by atoms with E-state index in [0.717, 1.165) is 43.3 Å². The molecular weight excluding hydrogens is 268 g/mol. The van der Waals surface area contributed by atoms with E-state index in [2.05, 4.69) is 11.0 Å². The maximum Gasteiger partial charge on any atom is 0.376 e. The Hall–Kier alpha value is -2.61. The summed E-state index contributed by atoms with van der Waals surface area (Å²) in [5, 5.41) is 17.4. The summed E-state index contributed by atoms with van der Waals surface area (Å²) in [7, 11) is 0. The lowest BCUT2D eigenvalue weighted by molar-refractivity contribution is -0.146. The van der Waals surface area contributed by atoms with Crippen LogP contribution in [-0.4, -0.2) is 29.9 Å². The van der Waals surface area contributed by atoms with Gasteiger partial charge in [0.1, 0.15) is 0 Å². The van der Waals surface area contributed by atoms with Crippen molar-refractivity contribution in [2.45, 2.75) is 12.8 Å². The SMILES string of the molecule is N#CC1CCN(c2ccc(/C=C/C(=O)C(=O)O)cc2)CC1. The molecule has 0 bridgehead atoms. The Labute approximate surface area is 123 Å². The number of aliphatic carboxylic acids is 1. The molecule has 0 aromatic heterocycles. The van der Waals surface area contributed by atoms with Crippen LogP contribution in [0.3, 0.4) is 0 Å². The van der Waals surface area contributed by atoms with Crippen molar-refractivity contribution in [3.05, 3.63) is 35.9 Å². The number of benzene rings is 1. The van der Waals surface area contributed by atoms with Crippen molar-refractivity contribution >= 4 is 23.5 Å². The van der Waals surface area contributed by atoms with Crippen molar-refractivity contribution in [3.63, 3.8) is 0 Å². The second kappa shape index (κ2) is 6.71. The molecule has 5 nitrogen and oxygen atoms in total. The van der Waals surface area contributed by atoms with E-state index in [1.54, 1.807) is 0 Å². The molecule has 108 valence electrons. The Morgan fingerprint density at radius 3 is 2.38 bits per heavy atom. The Bertz CT molecular complexity index is 591. The first-order valence-electron chi connectivity index (χ1n) is 6.80. The van der Waals surface area contributed by atoms with E-state index < -0.39 is 11.8 Å². The first-order chi connectivity index (χ1) is 10.1. The van der Waals surface area contributed by atoms with E-state index in [9.17, 15) is 9.59 Å². The molecule has 1 heterocycles.